The zero-order valence-corrected chi connectivity index (χ0v) is 11.5. The number of halogens is 1. The summed E-state index contributed by atoms with van der Waals surface area (Å²) in [5.74, 6) is 0. The fraction of sp³-hybridized carbons (Fsp3) is 0.0833. The van der Waals surface area contributed by atoms with Crippen LogP contribution < -0.4 is 5.56 Å². The molecule has 7 heteroatoms. The Morgan fingerprint density at radius 1 is 1.42 bits per heavy atom. The van der Waals surface area contributed by atoms with Crippen molar-refractivity contribution in [3.8, 4) is 0 Å². The number of aryl methyl sites for hydroxylation is 1. The highest BCUT2D eigenvalue weighted by atomic mass is 35.5. The third-order valence-electron chi connectivity index (χ3n) is 2.72. The molecule has 0 aliphatic heterocycles. The van der Waals surface area contributed by atoms with Gasteiger partial charge in [-0.25, -0.2) is 4.98 Å². The smallest absolute Gasteiger partial charge is 0.294 e. The summed E-state index contributed by atoms with van der Waals surface area (Å²) in [6.45, 7) is 0. The first kappa shape index (κ1) is 12.1. The van der Waals surface area contributed by atoms with Crippen molar-refractivity contribution < 1.29 is 0 Å². The van der Waals surface area contributed by atoms with Crippen molar-refractivity contribution in [3.05, 3.63) is 50.6 Å². The average Bonchev–Trinajstić information content (AvgIpc) is 3.01. The lowest BCUT2D eigenvalue weighted by molar-refractivity contribution is 0.897. The number of hydrogen-bond acceptors (Lipinski definition) is 4. The maximum atomic E-state index is 11.9. The van der Waals surface area contributed by atoms with Gasteiger partial charge in [0.2, 0.25) is 4.96 Å². The second-order valence-electron chi connectivity index (χ2n) is 3.93. The van der Waals surface area contributed by atoms with Crippen LogP contribution in [0.5, 0.6) is 0 Å². The van der Waals surface area contributed by atoms with E-state index in [1.165, 1.54) is 15.9 Å². The molecule has 0 saturated heterocycles. The standard InChI is InChI=1S/C12H9ClN4OS/c1-16-6-2-3-8(16)4-5-9-10(13)11(18)17-12(15-9)19-7-14-17/h2-7H,1H3. The highest BCUT2D eigenvalue weighted by molar-refractivity contribution is 7.14. The Morgan fingerprint density at radius 2 is 2.26 bits per heavy atom. The quantitative estimate of drug-likeness (QED) is 0.728. The molecule has 0 aliphatic rings. The van der Waals surface area contributed by atoms with E-state index in [0.717, 1.165) is 5.69 Å². The SMILES string of the molecule is Cn1cccc1C=Cc1nc2scnn2c(=O)c1Cl. The highest BCUT2D eigenvalue weighted by Gasteiger charge is 2.10. The van der Waals surface area contributed by atoms with Gasteiger partial charge in [-0.15, -0.1) is 0 Å². The van der Waals surface area contributed by atoms with Crippen molar-refractivity contribution in [2.75, 3.05) is 0 Å². The van der Waals surface area contributed by atoms with Gasteiger partial charge in [0.15, 0.2) is 0 Å². The molecule has 0 saturated carbocycles. The van der Waals surface area contributed by atoms with Gasteiger partial charge in [-0.3, -0.25) is 4.79 Å². The molecule has 0 atom stereocenters. The summed E-state index contributed by atoms with van der Waals surface area (Å²) in [5, 5.41) is 3.97. The molecule has 3 heterocycles. The topological polar surface area (TPSA) is 52.2 Å². The van der Waals surface area contributed by atoms with Crippen molar-refractivity contribution >= 4 is 40.1 Å². The second kappa shape index (κ2) is 4.64. The number of fused-ring (bicyclic) bond motifs is 1. The van der Waals surface area contributed by atoms with E-state index in [-0.39, 0.29) is 10.6 Å². The van der Waals surface area contributed by atoms with Gasteiger partial charge in [0.25, 0.3) is 5.56 Å². The molecule has 0 bridgehead atoms. The van der Waals surface area contributed by atoms with Crippen LogP contribution in [0.2, 0.25) is 5.02 Å². The van der Waals surface area contributed by atoms with E-state index in [1.54, 1.807) is 11.6 Å². The van der Waals surface area contributed by atoms with E-state index in [0.29, 0.717) is 10.7 Å². The van der Waals surface area contributed by atoms with Crippen LogP contribution in [-0.4, -0.2) is 19.2 Å². The van der Waals surface area contributed by atoms with E-state index >= 15 is 0 Å². The molecular formula is C12H9ClN4OS. The van der Waals surface area contributed by atoms with Gasteiger partial charge >= 0.3 is 0 Å². The molecule has 3 rings (SSSR count). The lowest BCUT2D eigenvalue weighted by Gasteiger charge is -1.99. The summed E-state index contributed by atoms with van der Waals surface area (Å²) < 4.78 is 3.16. The second-order valence-corrected chi connectivity index (χ2v) is 5.12. The van der Waals surface area contributed by atoms with Crippen LogP contribution in [0.3, 0.4) is 0 Å². The summed E-state index contributed by atoms with van der Waals surface area (Å²) >= 11 is 7.31. The minimum absolute atomic E-state index is 0.0776. The van der Waals surface area contributed by atoms with Gasteiger partial charge in [0.1, 0.15) is 10.5 Å². The molecule has 0 N–H and O–H groups in total. The Morgan fingerprint density at radius 3 is 3.00 bits per heavy atom. The molecular weight excluding hydrogens is 284 g/mol. The maximum absolute atomic E-state index is 11.9. The third kappa shape index (κ3) is 2.09. The number of rotatable bonds is 2. The van der Waals surface area contributed by atoms with E-state index in [1.807, 2.05) is 36.0 Å². The lowest BCUT2D eigenvalue weighted by atomic mass is 10.3. The molecule has 0 fully saturated rings. The molecule has 3 aromatic heterocycles. The van der Waals surface area contributed by atoms with Crippen molar-refractivity contribution in [1.29, 1.82) is 0 Å². The first-order chi connectivity index (χ1) is 9.16. The molecule has 0 amide bonds. The molecule has 0 unspecified atom stereocenters. The number of aromatic nitrogens is 4. The molecule has 96 valence electrons. The van der Waals surface area contributed by atoms with Gasteiger partial charge in [-0.05, 0) is 24.3 Å². The normalized spacial score (nSPS) is 11.7. The van der Waals surface area contributed by atoms with Crippen molar-refractivity contribution in [1.82, 2.24) is 19.2 Å². The fourth-order valence-electron chi connectivity index (χ4n) is 1.71. The first-order valence-corrected chi connectivity index (χ1v) is 6.74. The van der Waals surface area contributed by atoms with E-state index in [9.17, 15) is 4.79 Å². The zero-order valence-electron chi connectivity index (χ0n) is 9.95. The minimum atomic E-state index is -0.348. The van der Waals surface area contributed by atoms with Crippen molar-refractivity contribution in [3.63, 3.8) is 0 Å². The Labute approximate surface area is 117 Å². The van der Waals surface area contributed by atoms with Gasteiger partial charge in [0.05, 0.1) is 5.69 Å². The van der Waals surface area contributed by atoms with E-state index in [4.69, 9.17) is 11.6 Å². The molecule has 0 spiro atoms. The monoisotopic (exact) mass is 292 g/mol. The maximum Gasteiger partial charge on any atom is 0.294 e. The zero-order chi connectivity index (χ0) is 13.4. The summed E-state index contributed by atoms with van der Waals surface area (Å²) in [7, 11) is 1.94. The van der Waals surface area contributed by atoms with Crippen LogP contribution in [0.4, 0.5) is 0 Å². The minimum Gasteiger partial charge on any atom is -0.351 e. The van der Waals surface area contributed by atoms with Gasteiger partial charge in [-0.1, -0.05) is 22.9 Å². The Bertz CT molecular complexity index is 830. The molecule has 19 heavy (non-hydrogen) atoms. The van der Waals surface area contributed by atoms with Crippen LogP contribution in [0.1, 0.15) is 11.4 Å². The van der Waals surface area contributed by atoms with Crippen molar-refractivity contribution in [2.24, 2.45) is 7.05 Å². The van der Waals surface area contributed by atoms with Gasteiger partial charge in [0, 0.05) is 18.9 Å². The van der Waals surface area contributed by atoms with Crippen molar-refractivity contribution in [2.45, 2.75) is 0 Å². The van der Waals surface area contributed by atoms with E-state index < -0.39 is 0 Å². The number of hydrogen-bond donors (Lipinski definition) is 0. The summed E-state index contributed by atoms with van der Waals surface area (Å²) in [6, 6.07) is 3.90. The molecule has 5 nitrogen and oxygen atoms in total. The molecule has 0 aromatic carbocycles. The van der Waals surface area contributed by atoms with Gasteiger partial charge in [-0.2, -0.15) is 9.61 Å². The largest absolute Gasteiger partial charge is 0.351 e. The Balaban J connectivity index is 2.11. The molecule has 0 aliphatic carbocycles. The Kier molecular flexibility index (Phi) is 2.96. The fourth-order valence-corrected chi connectivity index (χ4v) is 2.51. The summed E-state index contributed by atoms with van der Waals surface area (Å²) in [4.78, 5) is 16.8. The van der Waals surface area contributed by atoms with Crippen LogP contribution in [-0.2, 0) is 7.05 Å². The average molecular weight is 293 g/mol. The van der Waals surface area contributed by atoms with Gasteiger partial charge < -0.3 is 4.57 Å². The third-order valence-corrected chi connectivity index (χ3v) is 3.75. The number of nitrogens with zero attached hydrogens (tertiary/aromatic N) is 4. The molecule has 3 aromatic rings. The highest BCUT2D eigenvalue weighted by Crippen LogP contribution is 2.15. The summed E-state index contributed by atoms with van der Waals surface area (Å²) in [6.07, 6.45) is 5.54. The van der Waals surface area contributed by atoms with Crippen LogP contribution in [0.25, 0.3) is 17.1 Å². The molecule has 0 radical (unpaired) electrons. The summed E-state index contributed by atoms with van der Waals surface area (Å²) in [5.41, 5.74) is 2.67. The predicted molar refractivity (Wildman–Crippen MR) is 76.5 cm³/mol. The van der Waals surface area contributed by atoms with Crippen LogP contribution >= 0.6 is 22.9 Å². The van der Waals surface area contributed by atoms with Crippen LogP contribution in [0, 0.1) is 0 Å². The first-order valence-electron chi connectivity index (χ1n) is 5.48. The van der Waals surface area contributed by atoms with E-state index in [2.05, 4.69) is 10.1 Å². The predicted octanol–water partition coefficient (Wildman–Crippen LogP) is 2.31. The lowest BCUT2D eigenvalue weighted by Crippen LogP contribution is -2.16. The Hall–Kier alpha value is -1.92. The van der Waals surface area contributed by atoms with Crippen LogP contribution in [0.15, 0.2) is 28.6 Å².